The van der Waals surface area contributed by atoms with E-state index in [1.165, 1.54) is 0 Å². The summed E-state index contributed by atoms with van der Waals surface area (Å²) in [5, 5.41) is 4.31. The smallest absolute Gasteiger partial charge is 0.237 e. The van der Waals surface area contributed by atoms with E-state index in [0.717, 1.165) is 28.1 Å². The number of thioether (sulfide) groups is 1. The molecule has 1 fully saturated rings. The van der Waals surface area contributed by atoms with Gasteiger partial charge in [-0.15, -0.1) is 11.8 Å². The first-order valence-corrected chi connectivity index (χ1v) is 8.09. The minimum Gasteiger partial charge on any atom is -0.368 e. The lowest BCUT2D eigenvalue weighted by atomic mass is 9.98. The Labute approximate surface area is 126 Å². The second-order valence-corrected chi connectivity index (χ2v) is 7.06. The lowest BCUT2D eigenvalue weighted by molar-refractivity contribution is -0.124. The van der Waals surface area contributed by atoms with E-state index < -0.39 is 5.54 Å². The third-order valence-corrected chi connectivity index (χ3v) is 4.61. The molecule has 0 bridgehead atoms. The highest BCUT2D eigenvalue weighted by atomic mass is 79.9. The topological polar surface area (TPSA) is 68.0 Å². The van der Waals surface area contributed by atoms with Gasteiger partial charge in [-0.2, -0.15) is 0 Å². The molecule has 1 heterocycles. The maximum Gasteiger partial charge on any atom is 0.237 e. The van der Waals surface area contributed by atoms with Crippen LogP contribution in [0.25, 0.3) is 0 Å². The van der Waals surface area contributed by atoms with Crippen molar-refractivity contribution in [2.45, 2.75) is 42.8 Å². The van der Waals surface area contributed by atoms with Crippen molar-refractivity contribution in [3.05, 3.63) is 22.8 Å². The zero-order valence-corrected chi connectivity index (χ0v) is 13.3. The zero-order chi connectivity index (χ0) is 13.9. The van der Waals surface area contributed by atoms with E-state index in [0.29, 0.717) is 12.5 Å². The first kappa shape index (κ1) is 14.8. The van der Waals surface area contributed by atoms with Gasteiger partial charge in [0.25, 0.3) is 0 Å². The Morgan fingerprint density at radius 1 is 1.63 bits per heavy atom. The van der Waals surface area contributed by atoms with Gasteiger partial charge in [0, 0.05) is 22.5 Å². The predicted molar refractivity (Wildman–Crippen MR) is 81.0 cm³/mol. The molecule has 104 valence electrons. The minimum atomic E-state index is -0.608. The van der Waals surface area contributed by atoms with Gasteiger partial charge in [-0.05, 0) is 54.2 Å². The monoisotopic (exact) mass is 343 g/mol. The van der Waals surface area contributed by atoms with E-state index in [1.807, 2.05) is 19.1 Å². The van der Waals surface area contributed by atoms with Crippen LogP contribution in [0.1, 0.15) is 26.2 Å². The molecule has 0 aliphatic heterocycles. The number of primary amides is 1. The fourth-order valence-electron chi connectivity index (χ4n) is 1.75. The van der Waals surface area contributed by atoms with Gasteiger partial charge >= 0.3 is 0 Å². The molecule has 19 heavy (non-hydrogen) atoms. The number of amides is 1. The number of rotatable bonds is 7. The number of halogens is 1. The molecule has 3 N–H and O–H groups in total. The minimum absolute atomic E-state index is 0.274. The fourth-order valence-corrected chi connectivity index (χ4v) is 3.00. The van der Waals surface area contributed by atoms with Gasteiger partial charge in [0.2, 0.25) is 5.91 Å². The van der Waals surface area contributed by atoms with E-state index in [-0.39, 0.29) is 5.91 Å². The number of pyridine rings is 1. The average Bonchev–Trinajstić information content (AvgIpc) is 3.15. The summed E-state index contributed by atoms with van der Waals surface area (Å²) in [6, 6.07) is 4.39. The molecule has 1 aromatic heterocycles. The second-order valence-electron chi connectivity index (χ2n) is 5.03. The number of nitrogens with one attached hydrogen (secondary N) is 1. The van der Waals surface area contributed by atoms with Gasteiger partial charge < -0.3 is 11.1 Å². The zero-order valence-electron chi connectivity index (χ0n) is 10.9. The number of hydrogen-bond acceptors (Lipinski definition) is 4. The summed E-state index contributed by atoms with van der Waals surface area (Å²) in [5.41, 5.74) is 4.91. The molecular formula is C13H18BrN3OS. The van der Waals surface area contributed by atoms with Gasteiger partial charge in [-0.3, -0.25) is 4.79 Å². The Bertz CT molecular complexity index is 450. The maximum atomic E-state index is 11.6. The quantitative estimate of drug-likeness (QED) is 0.745. The van der Waals surface area contributed by atoms with Gasteiger partial charge in [0.15, 0.2) is 0 Å². The number of aromatic nitrogens is 1. The molecule has 0 aromatic carbocycles. The van der Waals surface area contributed by atoms with Crippen LogP contribution in [-0.2, 0) is 4.79 Å². The normalized spacial score (nSPS) is 18.0. The molecule has 2 rings (SSSR count). The van der Waals surface area contributed by atoms with Crippen molar-refractivity contribution in [2.24, 2.45) is 5.73 Å². The van der Waals surface area contributed by atoms with E-state index in [9.17, 15) is 4.79 Å². The molecule has 1 atom stereocenters. The average molecular weight is 344 g/mol. The Kier molecular flexibility index (Phi) is 4.86. The lowest BCUT2D eigenvalue weighted by Crippen LogP contribution is -2.54. The highest BCUT2D eigenvalue weighted by Crippen LogP contribution is 2.26. The Hall–Kier alpha value is -0.590. The van der Waals surface area contributed by atoms with Crippen LogP contribution >= 0.6 is 27.7 Å². The lowest BCUT2D eigenvalue weighted by Gasteiger charge is -2.27. The molecule has 1 unspecified atom stereocenters. The predicted octanol–water partition coefficient (Wildman–Crippen LogP) is 2.32. The van der Waals surface area contributed by atoms with Crippen LogP contribution in [0.2, 0.25) is 0 Å². The standard InChI is InChI=1S/C13H18BrN3OS/c1-13(12(15)18,17-10-3-4-10)6-7-19-11-5-2-9(14)8-16-11/h2,5,8,10,17H,3-4,6-7H2,1H3,(H2,15,18). The Morgan fingerprint density at radius 2 is 2.37 bits per heavy atom. The molecule has 1 aliphatic rings. The second kappa shape index (κ2) is 6.24. The van der Waals surface area contributed by atoms with E-state index in [2.05, 4.69) is 26.2 Å². The summed E-state index contributed by atoms with van der Waals surface area (Å²) >= 11 is 5.00. The maximum absolute atomic E-state index is 11.6. The molecule has 6 heteroatoms. The van der Waals surface area contributed by atoms with E-state index >= 15 is 0 Å². The Balaban J connectivity index is 1.84. The van der Waals surface area contributed by atoms with Crippen molar-refractivity contribution in [3.63, 3.8) is 0 Å². The summed E-state index contributed by atoms with van der Waals surface area (Å²) in [6.45, 7) is 1.89. The molecule has 4 nitrogen and oxygen atoms in total. The fraction of sp³-hybridized carbons (Fsp3) is 0.538. The van der Waals surface area contributed by atoms with Crippen LogP contribution in [0, 0.1) is 0 Å². The third-order valence-electron chi connectivity index (χ3n) is 3.20. The molecule has 0 spiro atoms. The van der Waals surface area contributed by atoms with Crippen molar-refractivity contribution in [3.8, 4) is 0 Å². The van der Waals surface area contributed by atoms with Crippen LogP contribution in [0.15, 0.2) is 27.8 Å². The Morgan fingerprint density at radius 3 is 2.89 bits per heavy atom. The first-order chi connectivity index (χ1) is 8.99. The first-order valence-electron chi connectivity index (χ1n) is 6.31. The van der Waals surface area contributed by atoms with E-state index in [1.54, 1.807) is 18.0 Å². The summed E-state index contributed by atoms with van der Waals surface area (Å²) in [7, 11) is 0. The van der Waals surface area contributed by atoms with Crippen molar-refractivity contribution in [1.82, 2.24) is 10.3 Å². The van der Waals surface area contributed by atoms with Crippen molar-refractivity contribution < 1.29 is 4.79 Å². The van der Waals surface area contributed by atoms with Crippen LogP contribution in [0.5, 0.6) is 0 Å². The summed E-state index contributed by atoms with van der Waals surface area (Å²) in [5.74, 6) is 0.539. The van der Waals surface area contributed by atoms with Crippen LogP contribution < -0.4 is 11.1 Å². The summed E-state index contributed by atoms with van der Waals surface area (Å²) < 4.78 is 0.967. The molecule has 0 saturated heterocycles. The van der Waals surface area contributed by atoms with Crippen LogP contribution in [0.3, 0.4) is 0 Å². The SMILES string of the molecule is CC(CCSc1ccc(Br)cn1)(NC1CC1)C(N)=O. The van der Waals surface area contributed by atoms with Gasteiger partial charge in [-0.1, -0.05) is 0 Å². The van der Waals surface area contributed by atoms with Gasteiger partial charge in [0.05, 0.1) is 10.6 Å². The number of nitrogens with zero attached hydrogens (tertiary/aromatic N) is 1. The molecule has 1 aliphatic carbocycles. The number of nitrogens with two attached hydrogens (primary N) is 1. The molecule has 1 saturated carbocycles. The summed E-state index contributed by atoms with van der Waals surface area (Å²) in [4.78, 5) is 15.9. The highest BCUT2D eigenvalue weighted by Gasteiger charge is 2.36. The largest absolute Gasteiger partial charge is 0.368 e. The van der Waals surface area contributed by atoms with Crippen LogP contribution in [-0.4, -0.2) is 28.2 Å². The van der Waals surface area contributed by atoms with Crippen molar-refractivity contribution in [2.75, 3.05) is 5.75 Å². The number of hydrogen-bond donors (Lipinski definition) is 2. The number of carbonyl (C=O) groups excluding carboxylic acids is 1. The molecular weight excluding hydrogens is 326 g/mol. The number of carbonyl (C=O) groups is 1. The third kappa shape index (κ3) is 4.47. The molecule has 1 amide bonds. The molecule has 0 radical (unpaired) electrons. The summed E-state index contributed by atoms with van der Waals surface area (Å²) in [6.07, 6.45) is 4.77. The van der Waals surface area contributed by atoms with E-state index in [4.69, 9.17) is 5.73 Å². The van der Waals surface area contributed by atoms with Crippen LogP contribution in [0.4, 0.5) is 0 Å². The van der Waals surface area contributed by atoms with Crippen molar-refractivity contribution >= 4 is 33.6 Å². The van der Waals surface area contributed by atoms with Crippen molar-refractivity contribution in [1.29, 1.82) is 0 Å². The van der Waals surface area contributed by atoms with Gasteiger partial charge in [-0.25, -0.2) is 4.98 Å². The molecule has 1 aromatic rings. The van der Waals surface area contributed by atoms with Gasteiger partial charge in [0.1, 0.15) is 0 Å². The highest BCUT2D eigenvalue weighted by molar-refractivity contribution is 9.10.